The molecule has 7 rings (SSSR count). The van der Waals surface area contributed by atoms with E-state index in [2.05, 4.69) is 14.8 Å². The fourth-order valence-electron chi connectivity index (χ4n) is 8.23. The topological polar surface area (TPSA) is 87.5 Å². The van der Waals surface area contributed by atoms with Crippen LogP contribution in [0.4, 0.5) is 9.18 Å². The van der Waals surface area contributed by atoms with Crippen molar-refractivity contribution in [2.75, 3.05) is 19.6 Å². The van der Waals surface area contributed by atoms with Crippen molar-refractivity contribution >= 4 is 37.2 Å². The molecule has 1 N–H and O–H groups in total. The molecule has 8 nitrogen and oxygen atoms in total. The number of nitrogens with zero attached hydrogens (tertiary/aromatic N) is 4. The molecule has 3 aromatic rings. The van der Waals surface area contributed by atoms with E-state index in [0.29, 0.717) is 44.7 Å². The average Bonchev–Trinajstić information content (AvgIpc) is 3.85. The van der Waals surface area contributed by atoms with Gasteiger partial charge in [-0.3, -0.25) is 14.2 Å². The molecule has 4 aliphatic rings. The first-order valence-electron chi connectivity index (χ1n) is 17.0. The highest BCUT2D eigenvalue weighted by Gasteiger charge is 2.48. The molecule has 2 aliphatic heterocycles. The van der Waals surface area contributed by atoms with Crippen LogP contribution in [-0.4, -0.2) is 61.5 Å². The largest absolute Gasteiger partial charge is 0.353 e. The Kier molecular flexibility index (Phi) is 9.31. The van der Waals surface area contributed by atoms with E-state index in [9.17, 15) is 18.8 Å². The lowest BCUT2D eigenvalue weighted by Gasteiger charge is -2.49. The Balaban J connectivity index is 1.10. The second kappa shape index (κ2) is 13.6. The molecule has 2 aromatic carbocycles. The van der Waals surface area contributed by atoms with Gasteiger partial charge < -0.3 is 15.1 Å². The first kappa shape index (κ1) is 32.2. The van der Waals surface area contributed by atoms with E-state index >= 15 is 0 Å². The monoisotopic (exact) mass is 751 g/mol. The molecule has 1 spiro atoms. The van der Waals surface area contributed by atoms with Gasteiger partial charge in [-0.2, -0.15) is 0 Å². The lowest BCUT2D eigenvalue weighted by Crippen LogP contribution is -2.57. The smallest absolute Gasteiger partial charge is 0.320 e. The van der Waals surface area contributed by atoms with Gasteiger partial charge in [0, 0.05) is 53.3 Å². The Morgan fingerprint density at radius 1 is 1.02 bits per heavy atom. The molecule has 0 bridgehead atoms. The van der Waals surface area contributed by atoms with Crippen LogP contribution in [0.25, 0.3) is 11.3 Å². The van der Waals surface area contributed by atoms with Crippen LogP contribution in [0.15, 0.2) is 65.7 Å². The van der Waals surface area contributed by atoms with Gasteiger partial charge in [-0.1, -0.05) is 68.4 Å². The van der Waals surface area contributed by atoms with E-state index in [-0.39, 0.29) is 52.6 Å². The fraction of sp³-hybridized carbons (Fsp3) is 0.486. The first-order chi connectivity index (χ1) is 22.8. The zero-order chi connectivity index (χ0) is 32.5. The molecular weight excluding hydrogens is 708 g/mol. The maximum atomic E-state index is 14.7. The summed E-state index contributed by atoms with van der Waals surface area (Å²) in [6.07, 6.45) is 9.93. The van der Waals surface area contributed by atoms with Gasteiger partial charge in [0.15, 0.2) is 0 Å². The number of carbonyl (C=O) groups excluding carboxylic acids is 2. The van der Waals surface area contributed by atoms with Crippen LogP contribution < -0.4 is 10.9 Å². The number of benzene rings is 2. The number of hydrogen-bond acceptors (Lipinski definition) is 4. The molecule has 2 saturated carbocycles. The van der Waals surface area contributed by atoms with Crippen molar-refractivity contribution < 1.29 is 14.0 Å². The van der Waals surface area contributed by atoms with Crippen LogP contribution in [-0.2, 0) is 11.3 Å². The third-order valence-electron chi connectivity index (χ3n) is 11.0. The number of rotatable bonds is 7. The molecule has 3 atom stereocenters. The van der Waals surface area contributed by atoms with Crippen molar-refractivity contribution in [1.82, 2.24) is 24.7 Å². The Morgan fingerprint density at radius 3 is 2.53 bits per heavy atom. The lowest BCUT2D eigenvalue weighted by atomic mass is 9.69. The summed E-state index contributed by atoms with van der Waals surface area (Å²) in [4.78, 5) is 49.0. The second-order valence-electron chi connectivity index (χ2n) is 13.9. The van der Waals surface area contributed by atoms with E-state index in [4.69, 9.17) is 0 Å². The summed E-state index contributed by atoms with van der Waals surface area (Å²) in [5, 5.41) is 3.23. The number of likely N-dealkylation sites (tertiary alicyclic amines) is 2. The van der Waals surface area contributed by atoms with Crippen LogP contribution >= 0.6 is 20.7 Å². The van der Waals surface area contributed by atoms with Crippen molar-refractivity contribution in [2.24, 2.45) is 17.3 Å². The molecule has 4 fully saturated rings. The zero-order valence-corrected chi connectivity index (χ0v) is 28.9. The number of amides is 3. The number of aromatic nitrogens is 2. The van der Waals surface area contributed by atoms with Gasteiger partial charge in [0.25, 0.3) is 5.56 Å². The van der Waals surface area contributed by atoms with Gasteiger partial charge in [0.2, 0.25) is 5.91 Å². The fourth-order valence-corrected chi connectivity index (χ4v) is 9.61. The van der Waals surface area contributed by atoms with Gasteiger partial charge >= 0.3 is 6.03 Å². The van der Waals surface area contributed by atoms with Gasteiger partial charge in [-0.15, -0.1) is 0 Å². The predicted octanol–water partition coefficient (Wildman–Crippen LogP) is 6.36. The highest BCUT2D eigenvalue weighted by molar-refractivity contribution is 14.2. The molecule has 0 radical (unpaired) electrons. The minimum atomic E-state index is -0.590. The maximum absolute atomic E-state index is 14.7. The molecule has 248 valence electrons. The lowest BCUT2D eigenvalue weighted by molar-refractivity contribution is -0.123. The highest BCUT2D eigenvalue weighted by Crippen LogP contribution is 2.49. The van der Waals surface area contributed by atoms with Crippen LogP contribution in [0.3, 0.4) is 0 Å². The van der Waals surface area contributed by atoms with Crippen molar-refractivity contribution in [3.05, 3.63) is 86.2 Å². The summed E-state index contributed by atoms with van der Waals surface area (Å²) in [7, 11) is 0. The Labute approximate surface area is 285 Å². The number of urea groups is 1. The predicted molar refractivity (Wildman–Crippen MR) is 189 cm³/mol. The average molecular weight is 752 g/mol. The van der Waals surface area contributed by atoms with E-state index in [1.807, 2.05) is 46.2 Å². The van der Waals surface area contributed by atoms with Crippen LogP contribution in [0.2, 0.25) is 0 Å². The summed E-state index contributed by atoms with van der Waals surface area (Å²) in [5.41, 5.74) is 2.33. The summed E-state index contributed by atoms with van der Waals surface area (Å²) < 4.78 is 21.7. The quantitative estimate of drug-likeness (QED) is 0.285. The van der Waals surface area contributed by atoms with E-state index in [0.717, 1.165) is 59.6 Å². The zero-order valence-electron chi connectivity index (χ0n) is 26.8. The normalized spacial score (nSPS) is 24.0. The maximum Gasteiger partial charge on any atom is 0.320 e. The molecule has 1 aromatic heterocycles. The van der Waals surface area contributed by atoms with Gasteiger partial charge in [-0.05, 0) is 80.0 Å². The molecular formula is C37H43FIN5O3. The van der Waals surface area contributed by atoms with Crippen molar-refractivity contribution in [2.45, 2.75) is 76.4 Å². The van der Waals surface area contributed by atoms with Crippen molar-refractivity contribution in [3.63, 3.8) is 0 Å². The summed E-state index contributed by atoms with van der Waals surface area (Å²) in [6, 6.07) is 15.9. The van der Waals surface area contributed by atoms with Gasteiger partial charge in [0.1, 0.15) is 5.82 Å². The molecule has 47 heavy (non-hydrogen) atoms. The number of halogens is 2. The van der Waals surface area contributed by atoms with E-state index in [1.54, 1.807) is 23.0 Å². The Bertz CT molecular complexity index is 1700. The van der Waals surface area contributed by atoms with Gasteiger partial charge in [0.05, 0.1) is 18.1 Å². The molecule has 3 heterocycles. The third-order valence-corrected chi connectivity index (χ3v) is 12.8. The molecule has 0 unspecified atom stereocenters. The van der Waals surface area contributed by atoms with E-state index < -0.39 is 20.7 Å². The Morgan fingerprint density at radius 2 is 1.81 bits per heavy atom. The van der Waals surface area contributed by atoms with Gasteiger partial charge in [-0.25, -0.2) is 14.2 Å². The van der Waals surface area contributed by atoms with E-state index in [1.165, 1.54) is 6.07 Å². The number of carbonyl (C=O) groups is 2. The standard InChI is InChI=1S/C37H43FIN5O3/c1-39-31-12-11-28(38)19-30(31)33-20-29(41-35(46)26-9-10-26)14-18-44(33)36(47)42-17-13-27(37(23-42)15-5-6-16-37)22-43-24-40-32(21-34(43)45)25-7-3-2-4-8-25/h2-4,7-8,11-12,19,21,24,26-27,29,33H,1,5-6,9-10,13-18,20,22-23H2,(H,41,46)/t27-,29+,33-/m0/s1. The van der Waals surface area contributed by atoms with Crippen molar-refractivity contribution in [3.8, 4) is 11.3 Å². The van der Waals surface area contributed by atoms with Crippen LogP contribution in [0.1, 0.15) is 69.4 Å². The highest BCUT2D eigenvalue weighted by atomic mass is 127. The molecule has 2 aliphatic carbocycles. The first-order valence-corrected chi connectivity index (χ1v) is 19.6. The second-order valence-corrected chi connectivity index (χ2v) is 15.8. The number of nitrogens with one attached hydrogen (secondary N) is 1. The molecule has 3 amide bonds. The van der Waals surface area contributed by atoms with Crippen LogP contribution in [0.5, 0.6) is 0 Å². The number of piperidine rings is 2. The third kappa shape index (κ3) is 6.80. The minimum absolute atomic E-state index is 0.00443. The molecule has 10 heteroatoms. The summed E-state index contributed by atoms with van der Waals surface area (Å²) in [6.45, 7) is 2.37. The Hall–Kier alpha value is -3.41. The molecule has 2 saturated heterocycles. The minimum Gasteiger partial charge on any atom is -0.353 e. The summed E-state index contributed by atoms with van der Waals surface area (Å²) in [5.74, 6) is 0.166. The van der Waals surface area contributed by atoms with Crippen LogP contribution in [0, 0.1) is 26.6 Å². The number of hydrogen-bond donors (Lipinski definition) is 1. The van der Waals surface area contributed by atoms with Crippen molar-refractivity contribution in [1.29, 1.82) is 0 Å². The SMILES string of the molecule is C=Ic1ccc(F)cc1[C@@H]1C[C@H](NC(=O)C2CC2)CCN1C(=O)N1CC[C@@H](Cn2cnc(-c3ccccc3)cc2=O)C2(CCCC2)C1. The summed E-state index contributed by atoms with van der Waals surface area (Å²) >= 11 is -0.590.